The van der Waals surface area contributed by atoms with Gasteiger partial charge in [-0.15, -0.1) is 0 Å². The molecule has 0 aromatic heterocycles. The predicted molar refractivity (Wildman–Crippen MR) is 87.8 cm³/mol. The molecule has 0 aliphatic heterocycles. The number of ether oxygens (including phenoxy) is 1. The first kappa shape index (κ1) is 15.6. The summed E-state index contributed by atoms with van der Waals surface area (Å²) < 4.78 is 6.52. The third-order valence-electron chi connectivity index (χ3n) is 3.05. The molecule has 4 heteroatoms. The monoisotopic (exact) mass is 347 g/mol. The van der Waals surface area contributed by atoms with E-state index in [4.69, 9.17) is 4.74 Å². The van der Waals surface area contributed by atoms with Crippen molar-refractivity contribution in [3.05, 3.63) is 64.1 Å². The minimum atomic E-state index is -0.0598. The van der Waals surface area contributed by atoms with E-state index in [9.17, 15) is 4.79 Å². The van der Waals surface area contributed by atoms with Gasteiger partial charge in [-0.2, -0.15) is 0 Å². The average molecular weight is 348 g/mol. The Morgan fingerprint density at radius 3 is 2.67 bits per heavy atom. The Kier molecular flexibility index (Phi) is 5.81. The number of halogens is 1. The van der Waals surface area contributed by atoms with Crippen LogP contribution in [0.2, 0.25) is 0 Å². The molecule has 0 saturated heterocycles. The van der Waals surface area contributed by atoms with E-state index in [1.165, 1.54) is 0 Å². The highest BCUT2D eigenvalue weighted by atomic mass is 79.9. The lowest BCUT2D eigenvalue weighted by Crippen LogP contribution is -2.25. The Morgan fingerprint density at radius 2 is 1.95 bits per heavy atom. The van der Waals surface area contributed by atoms with Gasteiger partial charge in [-0.25, -0.2) is 0 Å². The molecule has 0 heterocycles. The number of aryl methyl sites for hydroxylation is 1. The van der Waals surface area contributed by atoms with Crippen LogP contribution < -0.4 is 10.1 Å². The van der Waals surface area contributed by atoms with Crippen LogP contribution in [0.5, 0.6) is 5.75 Å². The first-order valence-corrected chi connectivity index (χ1v) is 7.68. The SMILES string of the molecule is Cc1ccc(C(=O)NCCCOc2ccccc2)cc1Br. The largest absolute Gasteiger partial charge is 0.494 e. The molecule has 0 aliphatic carbocycles. The average Bonchev–Trinajstić information content (AvgIpc) is 2.50. The van der Waals surface area contributed by atoms with Crippen LogP contribution in [0.4, 0.5) is 0 Å². The van der Waals surface area contributed by atoms with Crippen LogP contribution in [0, 0.1) is 6.92 Å². The minimum absolute atomic E-state index is 0.0598. The third kappa shape index (κ3) is 4.90. The van der Waals surface area contributed by atoms with Crippen molar-refractivity contribution in [1.29, 1.82) is 0 Å². The zero-order valence-corrected chi connectivity index (χ0v) is 13.5. The molecular formula is C17H18BrNO2. The summed E-state index contributed by atoms with van der Waals surface area (Å²) in [6.07, 6.45) is 0.771. The van der Waals surface area contributed by atoms with Crippen molar-refractivity contribution < 1.29 is 9.53 Å². The standard InChI is InChI=1S/C17H18BrNO2/c1-13-8-9-14(12-16(13)18)17(20)19-10-5-11-21-15-6-3-2-4-7-15/h2-4,6-9,12H,5,10-11H2,1H3,(H,19,20). The molecule has 0 atom stereocenters. The maximum Gasteiger partial charge on any atom is 0.251 e. The van der Waals surface area contributed by atoms with E-state index in [0.717, 1.165) is 22.2 Å². The second-order valence-corrected chi connectivity index (χ2v) is 5.59. The Bertz CT molecular complexity index is 599. The number of para-hydroxylation sites is 1. The van der Waals surface area contributed by atoms with Crippen molar-refractivity contribution in [2.45, 2.75) is 13.3 Å². The van der Waals surface area contributed by atoms with Crippen LogP contribution >= 0.6 is 15.9 Å². The number of amides is 1. The van der Waals surface area contributed by atoms with Crippen molar-refractivity contribution in [3.8, 4) is 5.75 Å². The number of hydrogen-bond donors (Lipinski definition) is 1. The maximum atomic E-state index is 12.0. The Hall–Kier alpha value is -1.81. The maximum absolute atomic E-state index is 12.0. The highest BCUT2D eigenvalue weighted by Crippen LogP contribution is 2.17. The van der Waals surface area contributed by atoms with Gasteiger partial charge in [-0.1, -0.05) is 40.2 Å². The fraction of sp³-hybridized carbons (Fsp3) is 0.235. The molecule has 3 nitrogen and oxygen atoms in total. The lowest BCUT2D eigenvalue weighted by atomic mass is 10.1. The van der Waals surface area contributed by atoms with Crippen LogP contribution in [0.1, 0.15) is 22.3 Å². The van der Waals surface area contributed by atoms with Crippen LogP contribution in [-0.2, 0) is 0 Å². The van der Waals surface area contributed by atoms with E-state index in [0.29, 0.717) is 18.7 Å². The van der Waals surface area contributed by atoms with E-state index in [-0.39, 0.29) is 5.91 Å². The van der Waals surface area contributed by atoms with Crippen LogP contribution in [-0.4, -0.2) is 19.1 Å². The van der Waals surface area contributed by atoms with Gasteiger partial charge in [0.1, 0.15) is 5.75 Å². The Morgan fingerprint density at radius 1 is 1.19 bits per heavy atom. The fourth-order valence-electron chi connectivity index (χ4n) is 1.82. The molecule has 0 aliphatic rings. The van der Waals surface area contributed by atoms with Crippen LogP contribution in [0.25, 0.3) is 0 Å². The lowest BCUT2D eigenvalue weighted by molar-refractivity contribution is 0.0951. The van der Waals surface area contributed by atoms with E-state index < -0.39 is 0 Å². The van der Waals surface area contributed by atoms with Crippen molar-refractivity contribution in [3.63, 3.8) is 0 Å². The van der Waals surface area contributed by atoms with Crippen molar-refractivity contribution >= 4 is 21.8 Å². The normalized spacial score (nSPS) is 10.2. The van der Waals surface area contributed by atoms with Crippen molar-refractivity contribution in [2.24, 2.45) is 0 Å². The van der Waals surface area contributed by atoms with E-state index in [1.807, 2.05) is 55.5 Å². The summed E-state index contributed by atoms with van der Waals surface area (Å²) in [5.41, 5.74) is 1.78. The van der Waals surface area contributed by atoms with E-state index in [1.54, 1.807) is 0 Å². The van der Waals surface area contributed by atoms with E-state index in [2.05, 4.69) is 21.2 Å². The molecule has 0 saturated carbocycles. The highest BCUT2D eigenvalue weighted by Gasteiger charge is 2.06. The smallest absolute Gasteiger partial charge is 0.251 e. The zero-order valence-electron chi connectivity index (χ0n) is 11.9. The first-order valence-electron chi connectivity index (χ1n) is 6.89. The molecule has 2 rings (SSSR count). The molecule has 2 aromatic rings. The molecule has 1 amide bonds. The second-order valence-electron chi connectivity index (χ2n) is 4.73. The molecule has 0 bridgehead atoms. The van der Waals surface area contributed by atoms with Gasteiger partial charge in [0, 0.05) is 16.6 Å². The summed E-state index contributed by atoms with van der Waals surface area (Å²) in [6, 6.07) is 15.3. The molecule has 1 N–H and O–H groups in total. The van der Waals surface area contributed by atoms with Gasteiger partial charge in [0.15, 0.2) is 0 Å². The number of rotatable bonds is 6. The van der Waals surface area contributed by atoms with Gasteiger partial charge in [0.05, 0.1) is 6.61 Å². The van der Waals surface area contributed by atoms with Gasteiger partial charge in [0.2, 0.25) is 0 Å². The number of carbonyl (C=O) groups excluding carboxylic acids is 1. The van der Waals surface area contributed by atoms with Gasteiger partial charge >= 0.3 is 0 Å². The summed E-state index contributed by atoms with van der Waals surface area (Å²) in [7, 11) is 0. The summed E-state index contributed by atoms with van der Waals surface area (Å²) >= 11 is 3.43. The van der Waals surface area contributed by atoms with E-state index >= 15 is 0 Å². The lowest BCUT2D eigenvalue weighted by Gasteiger charge is -2.08. The molecule has 2 aromatic carbocycles. The number of carbonyl (C=O) groups is 1. The quantitative estimate of drug-likeness (QED) is 0.803. The van der Waals surface area contributed by atoms with Crippen LogP contribution in [0.15, 0.2) is 53.0 Å². The van der Waals surface area contributed by atoms with Crippen molar-refractivity contribution in [2.75, 3.05) is 13.2 Å². The minimum Gasteiger partial charge on any atom is -0.494 e. The van der Waals surface area contributed by atoms with Gasteiger partial charge in [-0.05, 0) is 43.2 Å². The van der Waals surface area contributed by atoms with Crippen molar-refractivity contribution in [1.82, 2.24) is 5.32 Å². The summed E-state index contributed by atoms with van der Waals surface area (Å²) in [5, 5.41) is 2.89. The first-order chi connectivity index (χ1) is 10.2. The van der Waals surface area contributed by atoms with Gasteiger partial charge < -0.3 is 10.1 Å². The van der Waals surface area contributed by atoms with Gasteiger partial charge in [-0.3, -0.25) is 4.79 Å². The van der Waals surface area contributed by atoms with Crippen LogP contribution in [0.3, 0.4) is 0 Å². The molecule has 110 valence electrons. The molecule has 0 spiro atoms. The summed E-state index contributed by atoms with van der Waals surface area (Å²) in [4.78, 5) is 12.0. The molecule has 0 unspecified atom stereocenters. The predicted octanol–water partition coefficient (Wildman–Crippen LogP) is 3.96. The Balaban J connectivity index is 1.71. The number of nitrogens with one attached hydrogen (secondary N) is 1. The second kappa shape index (κ2) is 7.84. The third-order valence-corrected chi connectivity index (χ3v) is 3.91. The summed E-state index contributed by atoms with van der Waals surface area (Å²) in [5.74, 6) is 0.793. The van der Waals surface area contributed by atoms with Gasteiger partial charge in [0.25, 0.3) is 5.91 Å². The number of benzene rings is 2. The number of hydrogen-bond acceptors (Lipinski definition) is 2. The molecular weight excluding hydrogens is 330 g/mol. The zero-order chi connectivity index (χ0) is 15.1. The molecule has 0 radical (unpaired) electrons. The molecule has 21 heavy (non-hydrogen) atoms. The topological polar surface area (TPSA) is 38.3 Å². The molecule has 0 fully saturated rings. The fourth-order valence-corrected chi connectivity index (χ4v) is 2.20. The Labute approximate surface area is 133 Å². The highest BCUT2D eigenvalue weighted by molar-refractivity contribution is 9.10. The summed E-state index contributed by atoms with van der Waals surface area (Å²) in [6.45, 7) is 3.17.